The molecule has 0 aliphatic rings. The zero-order chi connectivity index (χ0) is 14.4. The molecule has 2 aromatic heterocycles. The number of hydrogen-bond acceptors (Lipinski definition) is 5. The number of hydrogen-bond donors (Lipinski definition) is 1. The van der Waals surface area contributed by atoms with E-state index in [9.17, 15) is 13.2 Å². The van der Waals surface area contributed by atoms with Crippen LogP contribution in [0.1, 0.15) is 5.69 Å². The maximum atomic E-state index is 12.3. The van der Waals surface area contributed by atoms with Crippen molar-refractivity contribution in [2.24, 2.45) is 0 Å². The number of pyridine rings is 1. The molecule has 0 aromatic carbocycles. The minimum absolute atomic E-state index is 0.257. The lowest BCUT2D eigenvalue weighted by Gasteiger charge is -2.08. The van der Waals surface area contributed by atoms with E-state index < -0.39 is 11.9 Å². The van der Waals surface area contributed by atoms with Gasteiger partial charge in [0.25, 0.3) is 0 Å². The molecule has 5 nitrogen and oxygen atoms in total. The lowest BCUT2D eigenvalue weighted by atomic mass is 10.4. The van der Waals surface area contributed by atoms with Gasteiger partial charge in [-0.3, -0.25) is 4.98 Å². The van der Waals surface area contributed by atoms with Gasteiger partial charge in [-0.15, -0.1) is 10.2 Å². The van der Waals surface area contributed by atoms with Gasteiger partial charge in [0.05, 0.1) is 12.7 Å². The largest absolute Gasteiger partial charge is 0.490 e. The van der Waals surface area contributed by atoms with Crippen molar-refractivity contribution in [3.05, 3.63) is 42.4 Å². The molecule has 0 saturated heterocycles. The van der Waals surface area contributed by atoms with E-state index in [0.29, 0.717) is 18.9 Å². The summed E-state index contributed by atoms with van der Waals surface area (Å²) in [7, 11) is 0. The van der Waals surface area contributed by atoms with E-state index in [2.05, 4.69) is 20.5 Å². The van der Waals surface area contributed by atoms with Gasteiger partial charge in [-0.25, -0.2) is 0 Å². The molecule has 1 N–H and O–H groups in total. The number of nitrogens with one attached hydrogen (secondary N) is 1. The average molecular weight is 284 g/mol. The summed E-state index contributed by atoms with van der Waals surface area (Å²) in [6, 6.07) is 5.59. The van der Waals surface area contributed by atoms with Gasteiger partial charge in [-0.05, 0) is 24.3 Å². The van der Waals surface area contributed by atoms with Crippen LogP contribution in [-0.4, -0.2) is 28.3 Å². The van der Waals surface area contributed by atoms with Crippen LogP contribution in [0.4, 0.5) is 19.0 Å². The van der Waals surface area contributed by atoms with Crippen LogP contribution in [0.5, 0.6) is 5.75 Å². The van der Waals surface area contributed by atoms with Gasteiger partial charge in [0.2, 0.25) is 0 Å². The van der Waals surface area contributed by atoms with Crippen LogP contribution >= 0.6 is 0 Å². The summed E-state index contributed by atoms with van der Waals surface area (Å²) < 4.78 is 42.1. The Labute approximate surface area is 112 Å². The second-order valence-corrected chi connectivity index (χ2v) is 3.77. The highest BCUT2D eigenvalue weighted by atomic mass is 19.4. The van der Waals surface area contributed by atoms with Crippen molar-refractivity contribution in [1.82, 2.24) is 15.2 Å². The fourth-order valence-electron chi connectivity index (χ4n) is 1.36. The van der Waals surface area contributed by atoms with Crippen molar-refractivity contribution >= 4 is 5.82 Å². The molecule has 2 heterocycles. The van der Waals surface area contributed by atoms with E-state index in [1.54, 1.807) is 24.5 Å². The van der Waals surface area contributed by atoms with Crippen LogP contribution < -0.4 is 10.1 Å². The van der Waals surface area contributed by atoms with Crippen molar-refractivity contribution < 1.29 is 17.9 Å². The fraction of sp³-hybridized carbons (Fsp3) is 0.250. The quantitative estimate of drug-likeness (QED) is 0.854. The molecule has 20 heavy (non-hydrogen) atoms. The van der Waals surface area contributed by atoms with Crippen LogP contribution in [0.25, 0.3) is 0 Å². The summed E-state index contributed by atoms with van der Waals surface area (Å²) in [4.78, 5) is 3.88. The van der Waals surface area contributed by atoms with Gasteiger partial charge < -0.3 is 10.1 Å². The Kier molecular flexibility index (Phi) is 4.34. The number of aromatic nitrogens is 3. The van der Waals surface area contributed by atoms with Crippen LogP contribution in [0, 0.1) is 0 Å². The third-order valence-corrected chi connectivity index (χ3v) is 2.27. The highest BCUT2D eigenvalue weighted by Crippen LogP contribution is 2.26. The highest BCUT2D eigenvalue weighted by Gasteiger charge is 2.32. The van der Waals surface area contributed by atoms with Crippen molar-refractivity contribution in [2.75, 3.05) is 18.5 Å². The maximum Gasteiger partial charge on any atom is 0.435 e. The van der Waals surface area contributed by atoms with Crippen LogP contribution in [0.2, 0.25) is 0 Å². The Morgan fingerprint density at radius 2 is 2.00 bits per heavy atom. The lowest BCUT2D eigenvalue weighted by Crippen LogP contribution is -2.14. The first-order valence-electron chi connectivity index (χ1n) is 5.73. The molecule has 106 valence electrons. The molecule has 0 radical (unpaired) electrons. The third-order valence-electron chi connectivity index (χ3n) is 2.27. The molecule has 0 spiro atoms. The minimum atomic E-state index is -4.48. The van der Waals surface area contributed by atoms with E-state index in [0.717, 1.165) is 6.07 Å². The molecule has 0 fully saturated rings. The smallest absolute Gasteiger partial charge is 0.435 e. The Morgan fingerprint density at radius 1 is 1.15 bits per heavy atom. The van der Waals surface area contributed by atoms with Crippen LogP contribution in [0.3, 0.4) is 0 Å². The summed E-state index contributed by atoms with van der Waals surface area (Å²) in [6.07, 6.45) is -1.28. The number of rotatable bonds is 5. The van der Waals surface area contributed by atoms with Crippen molar-refractivity contribution in [3.63, 3.8) is 0 Å². The Morgan fingerprint density at radius 3 is 2.60 bits per heavy atom. The van der Waals surface area contributed by atoms with Gasteiger partial charge in [-0.2, -0.15) is 13.2 Å². The predicted octanol–water partition coefficient (Wildman–Crippen LogP) is 2.38. The summed E-state index contributed by atoms with van der Waals surface area (Å²) in [6.45, 7) is 0.712. The first-order valence-corrected chi connectivity index (χ1v) is 5.73. The molecule has 0 saturated carbocycles. The molecular formula is C12H11F3N4O. The number of ether oxygens (including phenoxy) is 1. The second kappa shape index (κ2) is 6.18. The Bertz CT molecular complexity index is 531. The molecular weight excluding hydrogens is 273 g/mol. The van der Waals surface area contributed by atoms with Gasteiger partial charge in [0.15, 0.2) is 5.69 Å². The van der Waals surface area contributed by atoms with E-state index in [1.807, 2.05) is 0 Å². The summed E-state index contributed by atoms with van der Waals surface area (Å²) in [5.74, 6) is 0.876. The standard InChI is InChI=1S/C12H11F3N4O/c13-12(14,15)10-3-4-11(19-18-10)17-6-7-20-9-2-1-5-16-8-9/h1-5,8H,6-7H2,(H,17,19). The Balaban J connectivity index is 1.77. The molecule has 0 bridgehead atoms. The topological polar surface area (TPSA) is 59.9 Å². The van der Waals surface area contributed by atoms with Gasteiger partial charge in [0, 0.05) is 6.20 Å². The van der Waals surface area contributed by atoms with E-state index in [1.165, 1.54) is 6.07 Å². The number of halogens is 3. The SMILES string of the molecule is FC(F)(F)c1ccc(NCCOc2cccnc2)nn1. The van der Waals surface area contributed by atoms with E-state index in [4.69, 9.17) is 4.74 Å². The van der Waals surface area contributed by atoms with Crippen LogP contribution in [0.15, 0.2) is 36.7 Å². The van der Waals surface area contributed by atoms with E-state index >= 15 is 0 Å². The zero-order valence-electron chi connectivity index (χ0n) is 10.3. The third kappa shape index (κ3) is 4.08. The van der Waals surface area contributed by atoms with E-state index in [-0.39, 0.29) is 5.82 Å². The highest BCUT2D eigenvalue weighted by molar-refractivity contribution is 5.33. The van der Waals surface area contributed by atoms with Crippen LogP contribution in [-0.2, 0) is 6.18 Å². The van der Waals surface area contributed by atoms with Crippen molar-refractivity contribution in [2.45, 2.75) is 6.18 Å². The molecule has 0 aliphatic heterocycles. The molecule has 8 heteroatoms. The van der Waals surface area contributed by atoms with Gasteiger partial charge >= 0.3 is 6.18 Å². The van der Waals surface area contributed by atoms with Gasteiger partial charge in [-0.1, -0.05) is 0 Å². The van der Waals surface area contributed by atoms with Crippen molar-refractivity contribution in [1.29, 1.82) is 0 Å². The lowest BCUT2D eigenvalue weighted by molar-refractivity contribution is -0.141. The molecule has 0 unspecified atom stereocenters. The molecule has 0 aliphatic carbocycles. The monoisotopic (exact) mass is 284 g/mol. The minimum Gasteiger partial charge on any atom is -0.490 e. The van der Waals surface area contributed by atoms with Crippen molar-refractivity contribution in [3.8, 4) is 5.75 Å². The first-order chi connectivity index (χ1) is 9.55. The second-order valence-electron chi connectivity index (χ2n) is 3.77. The number of anilines is 1. The Hall–Kier alpha value is -2.38. The summed E-state index contributed by atoms with van der Waals surface area (Å²) in [5.41, 5.74) is -1.02. The molecule has 2 aromatic rings. The first kappa shape index (κ1) is 14.0. The normalized spacial score (nSPS) is 11.2. The van der Waals surface area contributed by atoms with Gasteiger partial charge in [0.1, 0.15) is 18.2 Å². The summed E-state index contributed by atoms with van der Waals surface area (Å²) >= 11 is 0. The fourth-order valence-corrected chi connectivity index (χ4v) is 1.36. The molecule has 2 rings (SSSR count). The predicted molar refractivity (Wildman–Crippen MR) is 65.3 cm³/mol. The zero-order valence-corrected chi connectivity index (χ0v) is 10.3. The summed E-state index contributed by atoms with van der Waals surface area (Å²) in [5, 5.41) is 9.35. The average Bonchev–Trinajstić information content (AvgIpc) is 2.44. The molecule has 0 amide bonds. The number of alkyl halides is 3. The maximum absolute atomic E-state index is 12.3. The molecule has 0 atom stereocenters. The number of nitrogens with zero attached hydrogens (tertiary/aromatic N) is 3.